The predicted molar refractivity (Wildman–Crippen MR) is 117 cm³/mol. The summed E-state index contributed by atoms with van der Waals surface area (Å²) in [4.78, 5) is 22.8. The van der Waals surface area contributed by atoms with Crippen molar-refractivity contribution in [3.8, 4) is 11.1 Å². The molecule has 0 saturated carbocycles. The Bertz CT molecular complexity index is 1070. The number of carbonyl (C=O) groups excluding carboxylic acids is 1. The molecule has 0 aliphatic carbocycles. The van der Waals surface area contributed by atoms with Crippen LogP contribution in [0.2, 0.25) is 0 Å². The number of ketones is 1. The molecule has 3 aromatic rings. The van der Waals surface area contributed by atoms with Crippen molar-refractivity contribution in [1.29, 1.82) is 0 Å². The summed E-state index contributed by atoms with van der Waals surface area (Å²) in [6, 6.07) is 14.1. The van der Waals surface area contributed by atoms with Crippen molar-refractivity contribution in [2.45, 2.75) is 39.4 Å². The maximum atomic E-state index is 12.2. The van der Waals surface area contributed by atoms with Crippen LogP contribution in [0.25, 0.3) is 11.1 Å². The summed E-state index contributed by atoms with van der Waals surface area (Å²) in [5, 5.41) is 3.63. The number of anilines is 3. The molecule has 0 saturated heterocycles. The van der Waals surface area contributed by atoms with Gasteiger partial charge >= 0.3 is 0 Å². The molecular weight excluding hydrogens is 362 g/mol. The summed E-state index contributed by atoms with van der Waals surface area (Å²) in [5.41, 5.74) is 11.2. The van der Waals surface area contributed by atoms with Crippen LogP contribution in [0.15, 0.2) is 54.9 Å². The molecule has 29 heavy (non-hydrogen) atoms. The number of Topliss-reactive ketones (excluding diaryl/α,β-unsaturated/α-hetero) is 1. The summed E-state index contributed by atoms with van der Waals surface area (Å²) in [5.74, 6) is 0.319. The fourth-order valence-electron chi connectivity index (χ4n) is 3.90. The van der Waals surface area contributed by atoms with E-state index in [4.69, 9.17) is 5.73 Å². The molecule has 1 aliphatic rings. The molecule has 1 aliphatic heterocycles. The largest absolute Gasteiger partial charge is 0.368 e. The van der Waals surface area contributed by atoms with Gasteiger partial charge in [0.2, 0.25) is 5.95 Å². The van der Waals surface area contributed by atoms with Crippen LogP contribution in [0.3, 0.4) is 0 Å². The van der Waals surface area contributed by atoms with Crippen LogP contribution in [-0.2, 0) is 0 Å². The van der Waals surface area contributed by atoms with Crippen LogP contribution in [0, 0.1) is 0 Å². The number of benzene rings is 2. The Labute approximate surface area is 170 Å². The smallest absolute Gasteiger partial charge is 0.219 e. The molecule has 0 bridgehead atoms. The molecule has 6 nitrogen and oxygen atoms in total. The zero-order chi connectivity index (χ0) is 20.8. The van der Waals surface area contributed by atoms with Gasteiger partial charge in [-0.3, -0.25) is 4.79 Å². The standard InChI is InChI=1S/C23H25N5O/c1-14(29)17-7-5-6-8-18(17)21-27-19-11-15(16-12-25-22(24)26-13-16)9-10-20(19)28(21)23(2,3)4/h5-13,21,27H,1-4H3,(H2,24,25,26). The number of carbonyl (C=O) groups is 1. The second-order valence-electron chi connectivity index (χ2n) is 8.29. The van der Waals surface area contributed by atoms with Gasteiger partial charge in [-0.05, 0) is 45.4 Å². The van der Waals surface area contributed by atoms with E-state index < -0.39 is 0 Å². The highest BCUT2D eigenvalue weighted by Gasteiger charge is 2.38. The number of rotatable bonds is 3. The number of aromatic nitrogens is 2. The second-order valence-corrected chi connectivity index (χ2v) is 8.29. The molecule has 3 N–H and O–H groups in total. The van der Waals surface area contributed by atoms with E-state index >= 15 is 0 Å². The van der Waals surface area contributed by atoms with E-state index in [1.54, 1.807) is 19.3 Å². The SMILES string of the molecule is CC(=O)c1ccccc1C1Nc2cc(-c3cnc(N)nc3)ccc2N1C(C)(C)C. The van der Waals surface area contributed by atoms with Crippen LogP contribution >= 0.6 is 0 Å². The molecule has 148 valence electrons. The van der Waals surface area contributed by atoms with E-state index in [0.717, 1.165) is 33.6 Å². The highest BCUT2D eigenvalue weighted by atomic mass is 16.1. The quantitative estimate of drug-likeness (QED) is 0.636. The van der Waals surface area contributed by atoms with Gasteiger partial charge in [0, 0.05) is 34.6 Å². The van der Waals surface area contributed by atoms with Crippen LogP contribution in [0.5, 0.6) is 0 Å². The van der Waals surface area contributed by atoms with Crippen molar-refractivity contribution < 1.29 is 4.79 Å². The van der Waals surface area contributed by atoms with Gasteiger partial charge in [0.25, 0.3) is 0 Å². The van der Waals surface area contributed by atoms with Gasteiger partial charge in [-0.15, -0.1) is 0 Å². The Morgan fingerprint density at radius 2 is 1.76 bits per heavy atom. The molecule has 1 atom stereocenters. The number of nitrogens with zero attached hydrogens (tertiary/aromatic N) is 3. The van der Waals surface area contributed by atoms with Gasteiger partial charge in [-0.1, -0.05) is 30.3 Å². The van der Waals surface area contributed by atoms with Crippen LogP contribution in [-0.4, -0.2) is 21.3 Å². The second kappa shape index (κ2) is 6.88. The Kier molecular flexibility index (Phi) is 4.49. The highest BCUT2D eigenvalue weighted by Crippen LogP contribution is 2.47. The molecule has 0 fully saturated rings. The molecule has 2 heterocycles. The molecule has 1 unspecified atom stereocenters. The van der Waals surface area contributed by atoms with Gasteiger partial charge in [-0.2, -0.15) is 0 Å². The molecular formula is C23H25N5O. The van der Waals surface area contributed by atoms with E-state index in [2.05, 4.69) is 59.2 Å². The number of fused-ring (bicyclic) bond motifs is 1. The number of nitrogens with two attached hydrogens (primary N) is 1. The monoisotopic (exact) mass is 387 g/mol. The van der Waals surface area contributed by atoms with Crippen LogP contribution < -0.4 is 16.0 Å². The molecule has 0 radical (unpaired) electrons. The first-order chi connectivity index (χ1) is 13.8. The molecule has 1 aromatic heterocycles. The van der Waals surface area contributed by atoms with Gasteiger partial charge in [0.05, 0.1) is 11.4 Å². The van der Waals surface area contributed by atoms with Crippen molar-refractivity contribution in [2.24, 2.45) is 0 Å². The van der Waals surface area contributed by atoms with E-state index in [1.165, 1.54) is 0 Å². The topological polar surface area (TPSA) is 84.1 Å². The lowest BCUT2D eigenvalue weighted by molar-refractivity contribution is 0.101. The number of hydrogen-bond donors (Lipinski definition) is 2. The zero-order valence-electron chi connectivity index (χ0n) is 17.1. The summed E-state index contributed by atoms with van der Waals surface area (Å²) >= 11 is 0. The lowest BCUT2D eigenvalue weighted by atomic mass is 9.97. The van der Waals surface area contributed by atoms with Crippen molar-refractivity contribution in [2.75, 3.05) is 16.0 Å². The number of hydrogen-bond acceptors (Lipinski definition) is 6. The Morgan fingerprint density at radius 1 is 1.07 bits per heavy atom. The van der Waals surface area contributed by atoms with Gasteiger partial charge in [-0.25, -0.2) is 9.97 Å². The minimum absolute atomic E-state index is 0.0620. The maximum absolute atomic E-state index is 12.2. The van der Waals surface area contributed by atoms with Gasteiger partial charge in [0.15, 0.2) is 5.78 Å². The Hall–Kier alpha value is -3.41. The first kappa shape index (κ1) is 18.9. The van der Waals surface area contributed by atoms with Gasteiger partial charge in [0.1, 0.15) is 6.17 Å². The van der Waals surface area contributed by atoms with Crippen LogP contribution in [0.4, 0.5) is 17.3 Å². The van der Waals surface area contributed by atoms with Crippen molar-refractivity contribution >= 4 is 23.1 Å². The van der Waals surface area contributed by atoms with E-state index in [0.29, 0.717) is 0 Å². The molecule has 0 spiro atoms. The fraction of sp³-hybridized carbons (Fsp3) is 0.261. The average molecular weight is 387 g/mol. The summed E-state index contributed by atoms with van der Waals surface area (Å²) in [7, 11) is 0. The molecule has 0 amide bonds. The summed E-state index contributed by atoms with van der Waals surface area (Å²) in [6.07, 6.45) is 3.31. The fourth-order valence-corrected chi connectivity index (χ4v) is 3.90. The average Bonchev–Trinajstić information content (AvgIpc) is 3.07. The molecule has 2 aromatic carbocycles. The third-order valence-corrected chi connectivity index (χ3v) is 5.17. The molecule has 4 rings (SSSR count). The zero-order valence-corrected chi connectivity index (χ0v) is 17.1. The van der Waals surface area contributed by atoms with E-state index in [9.17, 15) is 4.79 Å². The van der Waals surface area contributed by atoms with E-state index in [1.807, 2.05) is 24.3 Å². The minimum atomic E-state index is -0.154. The first-order valence-electron chi connectivity index (χ1n) is 9.63. The van der Waals surface area contributed by atoms with Crippen molar-refractivity contribution in [1.82, 2.24) is 9.97 Å². The molecule has 6 heteroatoms. The lowest BCUT2D eigenvalue weighted by Gasteiger charge is -2.39. The highest BCUT2D eigenvalue weighted by molar-refractivity contribution is 5.96. The van der Waals surface area contributed by atoms with E-state index in [-0.39, 0.29) is 23.4 Å². The maximum Gasteiger partial charge on any atom is 0.219 e. The van der Waals surface area contributed by atoms with Crippen LogP contribution in [0.1, 0.15) is 49.8 Å². The first-order valence-corrected chi connectivity index (χ1v) is 9.63. The number of nitrogens with one attached hydrogen (secondary N) is 1. The third-order valence-electron chi connectivity index (χ3n) is 5.17. The minimum Gasteiger partial charge on any atom is -0.368 e. The lowest BCUT2D eigenvalue weighted by Crippen LogP contribution is -2.43. The summed E-state index contributed by atoms with van der Waals surface area (Å²) in [6.45, 7) is 8.14. The Morgan fingerprint density at radius 3 is 2.41 bits per heavy atom. The predicted octanol–water partition coefficient (Wildman–Crippen LogP) is 4.66. The Balaban J connectivity index is 1.81. The number of nitrogen functional groups attached to an aromatic ring is 1. The van der Waals surface area contributed by atoms with Crippen molar-refractivity contribution in [3.05, 3.63) is 66.0 Å². The van der Waals surface area contributed by atoms with Crippen molar-refractivity contribution in [3.63, 3.8) is 0 Å². The van der Waals surface area contributed by atoms with Gasteiger partial charge < -0.3 is 16.0 Å². The normalized spacial score (nSPS) is 15.7. The summed E-state index contributed by atoms with van der Waals surface area (Å²) < 4.78 is 0. The third kappa shape index (κ3) is 3.42.